The molecule has 0 radical (unpaired) electrons. The van der Waals surface area contributed by atoms with Crippen molar-refractivity contribution in [1.29, 1.82) is 0 Å². The molecule has 4 heteroatoms. The van der Waals surface area contributed by atoms with Gasteiger partial charge in [-0.15, -0.1) is 0 Å². The van der Waals surface area contributed by atoms with Gasteiger partial charge in [0.2, 0.25) is 0 Å². The predicted octanol–water partition coefficient (Wildman–Crippen LogP) is 3.38. The van der Waals surface area contributed by atoms with Gasteiger partial charge in [-0.25, -0.2) is 0 Å². The van der Waals surface area contributed by atoms with Gasteiger partial charge in [0.1, 0.15) is 5.41 Å². The number of carboxylic acid groups (broad SMARTS) is 1. The van der Waals surface area contributed by atoms with Crippen molar-refractivity contribution in [3.05, 3.63) is 34.9 Å². The molecular formula is C20H31NO3. The van der Waals surface area contributed by atoms with Crippen molar-refractivity contribution in [3.8, 4) is 0 Å². The van der Waals surface area contributed by atoms with Gasteiger partial charge in [-0.1, -0.05) is 37.6 Å². The van der Waals surface area contributed by atoms with Crippen LogP contribution in [0.15, 0.2) is 18.2 Å². The minimum Gasteiger partial charge on any atom is -0.481 e. The van der Waals surface area contributed by atoms with Crippen LogP contribution in [0.3, 0.4) is 0 Å². The van der Waals surface area contributed by atoms with Crippen LogP contribution < -0.4 is 0 Å². The van der Waals surface area contributed by atoms with E-state index >= 15 is 0 Å². The summed E-state index contributed by atoms with van der Waals surface area (Å²) in [5, 5.41) is 20.3. The highest BCUT2D eigenvalue weighted by Gasteiger charge is 2.48. The lowest BCUT2D eigenvalue weighted by Crippen LogP contribution is -2.55. The third-order valence-corrected chi connectivity index (χ3v) is 5.35. The Labute approximate surface area is 145 Å². The van der Waals surface area contributed by atoms with Gasteiger partial charge >= 0.3 is 5.97 Å². The molecule has 1 aromatic carbocycles. The van der Waals surface area contributed by atoms with Crippen molar-refractivity contribution in [2.45, 2.75) is 59.6 Å². The third kappa shape index (κ3) is 4.17. The van der Waals surface area contributed by atoms with E-state index in [-0.39, 0.29) is 0 Å². The Hall–Kier alpha value is -1.39. The molecular weight excluding hydrogens is 302 g/mol. The number of rotatable bonds is 6. The van der Waals surface area contributed by atoms with Crippen LogP contribution in [-0.2, 0) is 11.3 Å². The van der Waals surface area contributed by atoms with Crippen molar-refractivity contribution in [3.63, 3.8) is 0 Å². The summed E-state index contributed by atoms with van der Waals surface area (Å²) < 4.78 is 0. The maximum atomic E-state index is 12.0. The average molecular weight is 333 g/mol. The number of piperidine rings is 1. The molecule has 0 saturated carbocycles. The monoisotopic (exact) mass is 333 g/mol. The molecule has 0 unspecified atom stereocenters. The summed E-state index contributed by atoms with van der Waals surface area (Å²) in [6, 6.07) is 6.40. The molecule has 24 heavy (non-hydrogen) atoms. The zero-order valence-corrected chi connectivity index (χ0v) is 15.4. The van der Waals surface area contributed by atoms with E-state index in [1.165, 1.54) is 16.7 Å². The molecule has 2 atom stereocenters. The van der Waals surface area contributed by atoms with Gasteiger partial charge in [0.25, 0.3) is 0 Å². The Kier molecular flexibility index (Phi) is 6.05. The summed E-state index contributed by atoms with van der Waals surface area (Å²) in [5.74, 6) is -0.427. The number of benzene rings is 1. The number of likely N-dealkylation sites (tertiary alicyclic amines) is 1. The zero-order chi connectivity index (χ0) is 17.9. The molecule has 1 aromatic rings. The topological polar surface area (TPSA) is 60.8 Å². The normalized spacial score (nSPS) is 25.2. The van der Waals surface area contributed by atoms with E-state index in [9.17, 15) is 15.0 Å². The minimum absolute atomic E-state index is 0.420. The van der Waals surface area contributed by atoms with Crippen LogP contribution in [0, 0.1) is 25.2 Å². The number of hydrogen-bond acceptors (Lipinski definition) is 3. The summed E-state index contributed by atoms with van der Waals surface area (Å²) in [7, 11) is 0. The molecule has 1 aliphatic rings. The first-order valence-corrected chi connectivity index (χ1v) is 8.94. The van der Waals surface area contributed by atoms with Crippen LogP contribution in [0.2, 0.25) is 0 Å². The quantitative estimate of drug-likeness (QED) is 0.838. The second-order valence-corrected chi connectivity index (χ2v) is 7.84. The van der Waals surface area contributed by atoms with Crippen LogP contribution in [-0.4, -0.2) is 40.3 Å². The van der Waals surface area contributed by atoms with Gasteiger partial charge in [-0.2, -0.15) is 0 Å². The van der Waals surface area contributed by atoms with E-state index in [0.29, 0.717) is 25.3 Å². The molecule has 1 saturated heterocycles. The molecule has 0 bridgehead atoms. The summed E-state index contributed by atoms with van der Waals surface area (Å²) in [4.78, 5) is 14.2. The second-order valence-electron chi connectivity index (χ2n) is 7.84. The molecule has 134 valence electrons. The number of aryl methyl sites for hydroxylation is 2. The number of carboxylic acids is 1. The van der Waals surface area contributed by atoms with Crippen molar-refractivity contribution < 1.29 is 15.0 Å². The minimum atomic E-state index is -1.04. The molecule has 1 aliphatic heterocycles. The molecule has 1 heterocycles. The molecule has 0 aromatic heterocycles. The highest BCUT2D eigenvalue weighted by atomic mass is 16.4. The van der Waals surface area contributed by atoms with Crippen LogP contribution in [0.5, 0.6) is 0 Å². The van der Waals surface area contributed by atoms with Gasteiger partial charge in [0.15, 0.2) is 0 Å². The highest BCUT2D eigenvalue weighted by Crippen LogP contribution is 2.37. The Morgan fingerprint density at radius 1 is 1.38 bits per heavy atom. The molecule has 0 amide bonds. The van der Waals surface area contributed by atoms with Crippen molar-refractivity contribution in [1.82, 2.24) is 4.90 Å². The first kappa shape index (κ1) is 18.9. The maximum absolute atomic E-state index is 12.0. The fraction of sp³-hybridized carbons (Fsp3) is 0.650. The number of aliphatic carboxylic acids is 1. The fourth-order valence-electron chi connectivity index (χ4n) is 3.62. The van der Waals surface area contributed by atoms with Gasteiger partial charge in [-0.3, -0.25) is 9.69 Å². The molecule has 0 aliphatic carbocycles. The maximum Gasteiger partial charge on any atom is 0.313 e. The summed E-state index contributed by atoms with van der Waals surface area (Å²) >= 11 is 0. The number of aliphatic hydroxyl groups excluding tert-OH is 1. The summed E-state index contributed by atoms with van der Waals surface area (Å²) in [5.41, 5.74) is 2.65. The van der Waals surface area contributed by atoms with Crippen LogP contribution in [0.25, 0.3) is 0 Å². The standard InChI is InChI=1S/C20H31NO3/c1-14(2)7-9-20(19(23)24)13-21(10-8-18(20)22)12-17-11-15(3)5-6-16(17)4/h5-6,11,14,18,22H,7-10,12-13H2,1-4H3,(H,23,24)/t18-,20-/m1/s1. The van der Waals surface area contributed by atoms with E-state index in [2.05, 4.69) is 50.8 Å². The number of carbonyl (C=O) groups is 1. The van der Waals surface area contributed by atoms with E-state index in [1.54, 1.807) is 0 Å². The molecule has 1 fully saturated rings. The van der Waals surface area contributed by atoms with Crippen molar-refractivity contribution >= 4 is 5.97 Å². The zero-order valence-electron chi connectivity index (χ0n) is 15.4. The smallest absolute Gasteiger partial charge is 0.313 e. The average Bonchev–Trinajstić information content (AvgIpc) is 2.51. The molecule has 2 rings (SSSR count). The van der Waals surface area contributed by atoms with E-state index in [4.69, 9.17) is 0 Å². The van der Waals surface area contributed by atoms with Crippen LogP contribution in [0.1, 0.15) is 49.8 Å². The van der Waals surface area contributed by atoms with Gasteiger partial charge in [0, 0.05) is 19.6 Å². The SMILES string of the molecule is Cc1ccc(C)c(CN2CC[C@@H](O)[C@](CCC(C)C)(C(=O)O)C2)c1. The summed E-state index contributed by atoms with van der Waals surface area (Å²) in [6.45, 7) is 10.3. The largest absolute Gasteiger partial charge is 0.481 e. The van der Waals surface area contributed by atoms with E-state index < -0.39 is 17.5 Å². The second kappa shape index (κ2) is 7.66. The lowest BCUT2D eigenvalue weighted by atomic mass is 9.72. The highest BCUT2D eigenvalue weighted by molar-refractivity contribution is 5.76. The third-order valence-electron chi connectivity index (χ3n) is 5.35. The van der Waals surface area contributed by atoms with Crippen molar-refractivity contribution in [2.24, 2.45) is 11.3 Å². The number of aliphatic hydroxyl groups is 1. The Balaban J connectivity index is 2.18. The first-order valence-electron chi connectivity index (χ1n) is 8.94. The van der Waals surface area contributed by atoms with Gasteiger partial charge < -0.3 is 10.2 Å². The number of hydrogen-bond donors (Lipinski definition) is 2. The lowest BCUT2D eigenvalue weighted by molar-refractivity contribution is -0.165. The van der Waals surface area contributed by atoms with E-state index in [0.717, 1.165) is 19.5 Å². The molecule has 2 N–H and O–H groups in total. The van der Waals surface area contributed by atoms with E-state index in [1.807, 2.05) is 0 Å². The first-order chi connectivity index (χ1) is 11.2. The Morgan fingerprint density at radius 2 is 2.08 bits per heavy atom. The van der Waals surface area contributed by atoms with Crippen LogP contribution >= 0.6 is 0 Å². The number of nitrogens with zero attached hydrogens (tertiary/aromatic N) is 1. The lowest BCUT2D eigenvalue weighted by Gasteiger charge is -2.44. The Morgan fingerprint density at radius 3 is 2.71 bits per heavy atom. The summed E-state index contributed by atoms with van der Waals surface area (Å²) in [6.07, 6.45) is 1.11. The van der Waals surface area contributed by atoms with Crippen LogP contribution in [0.4, 0.5) is 0 Å². The van der Waals surface area contributed by atoms with Gasteiger partial charge in [-0.05, 0) is 50.2 Å². The molecule has 0 spiro atoms. The Bertz CT molecular complexity index is 584. The molecule has 4 nitrogen and oxygen atoms in total. The predicted molar refractivity (Wildman–Crippen MR) is 96.0 cm³/mol. The van der Waals surface area contributed by atoms with Gasteiger partial charge in [0.05, 0.1) is 6.10 Å². The van der Waals surface area contributed by atoms with Crippen molar-refractivity contribution in [2.75, 3.05) is 13.1 Å². The fourth-order valence-corrected chi connectivity index (χ4v) is 3.62.